The van der Waals surface area contributed by atoms with Gasteiger partial charge in [-0.05, 0) is 58.7 Å². The molecule has 0 atom stereocenters. The van der Waals surface area contributed by atoms with E-state index in [1.165, 1.54) is 23.0 Å². The summed E-state index contributed by atoms with van der Waals surface area (Å²) in [6.45, 7) is 2.22. The van der Waals surface area contributed by atoms with E-state index in [2.05, 4.69) is 41.7 Å². The van der Waals surface area contributed by atoms with E-state index in [1.807, 2.05) is 0 Å². The number of nitrogens with zero attached hydrogens (tertiary/aromatic N) is 5. The van der Waals surface area contributed by atoms with Crippen molar-refractivity contribution < 1.29 is 27.5 Å². The molecule has 10 nitrogen and oxygen atoms in total. The zero-order chi connectivity index (χ0) is 29.5. The number of aryl methyl sites for hydroxylation is 1. The molecule has 0 saturated carbocycles. The summed E-state index contributed by atoms with van der Waals surface area (Å²) in [6.07, 6.45) is -2.06. The first-order valence-corrected chi connectivity index (χ1v) is 13.5. The van der Waals surface area contributed by atoms with Crippen LogP contribution >= 0.6 is 39.1 Å². The van der Waals surface area contributed by atoms with Gasteiger partial charge in [0.1, 0.15) is 5.69 Å². The Balaban J connectivity index is 1.51. The minimum atomic E-state index is -4.66. The van der Waals surface area contributed by atoms with Gasteiger partial charge in [-0.25, -0.2) is 9.67 Å². The summed E-state index contributed by atoms with van der Waals surface area (Å²) in [5.41, 5.74) is -0.0838. The van der Waals surface area contributed by atoms with Crippen LogP contribution in [0.25, 0.3) is 5.82 Å². The molecule has 1 fully saturated rings. The van der Waals surface area contributed by atoms with Crippen molar-refractivity contribution >= 4 is 56.6 Å². The molecule has 1 saturated heterocycles. The molecular weight excluding hydrogens is 654 g/mol. The number of amides is 2. The SMILES string of the molecule is Cc1cc(Cl)cc(C(=O)NC2COC2)c1NC(=O)c1cc(Cn2cc(Br)c(C(F)(F)F)n2)nn1-c1ncccc1Cl. The number of aromatic nitrogens is 5. The molecule has 3 aromatic heterocycles. The van der Waals surface area contributed by atoms with Gasteiger partial charge in [-0.2, -0.15) is 23.4 Å². The zero-order valence-corrected chi connectivity index (χ0v) is 24.1. The van der Waals surface area contributed by atoms with Gasteiger partial charge in [0.2, 0.25) is 0 Å². The molecular formula is C25H19BrCl2F3N7O3. The summed E-state index contributed by atoms with van der Waals surface area (Å²) in [5, 5.41) is 14.0. The standard InChI is InChI=1S/C25H19BrCl2F3N7O3/c1-12-5-13(27)6-16(23(39)33-15-10-41-11-15)20(12)34-24(40)19-7-14(35-38(19)22-18(28)3-2-4-32-22)8-37-9-17(26)21(36-37)25(29,30)31/h2-7,9,15H,8,10-11H2,1H3,(H,33,39)(H,34,40). The highest BCUT2D eigenvalue weighted by Gasteiger charge is 2.37. The number of alkyl halides is 3. The number of carbonyl (C=O) groups is 2. The lowest BCUT2D eigenvalue weighted by Gasteiger charge is -2.27. The van der Waals surface area contributed by atoms with E-state index in [-0.39, 0.29) is 50.5 Å². The number of halogens is 6. The minimum absolute atomic E-state index is 0.0454. The van der Waals surface area contributed by atoms with Crippen molar-refractivity contribution in [3.05, 3.63) is 85.5 Å². The first-order valence-electron chi connectivity index (χ1n) is 11.9. The second kappa shape index (κ2) is 11.4. The molecule has 0 bridgehead atoms. The summed E-state index contributed by atoms with van der Waals surface area (Å²) in [6, 6.07) is 7.37. The molecule has 0 radical (unpaired) electrons. The first-order chi connectivity index (χ1) is 19.4. The average Bonchev–Trinajstić information content (AvgIpc) is 3.46. The third-order valence-corrected chi connectivity index (χ3v) is 7.09. The fourth-order valence-corrected chi connectivity index (χ4v) is 5.06. The predicted molar refractivity (Wildman–Crippen MR) is 147 cm³/mol. The van der Waals surface area contributed by atoms with Gasteiger partial charge in [0.05, 0.1) is 52.2 Å². The second-order valence-electron chi connectivity index (χ2n) is 9.07. The summed E-state index contributed by atoms with van der Waals surface area (Å²) in [5.74, 6) is -1.03. The smallest absolute Gasteiger partial charge is 0.377 e. The average molecular weight is 673 g/mol. The number of pyridine rings is 1. The number of benzene rings is 1. The van der Waals surface area contributed by atoms with Crippen LogP contribution in [-0.2, 0) is 17.5 Å². The van der Waals surface area contributed by atoms with E-state index >= 15 is 0 Å². The lowest BCUT2D eigenvalue weighted by molar-refractivity contribution is -0.142. The zero-order valence-electron chi connectivity index (χ0n) is 21.0. The highest BCUT2D eigenvalue weighted by Crippen LogP contribution is 2.33. The largest absolute Gasteiger partial charge is 0.436 e. The third-order valence-electron chi connectivity index (χ3n) is 6.00. The molecule has 0 spiro atoms. The normalized spacial score (nSPS) is 13.6. The number of hydrogen-bond acceptors (Lipinski definition) is 6. The number of hydrogen-bond donors (Lipinski definition) is 2. The van der Waals surface area contributed by atoms with Gasteiger partial charge in [-0.3, -0.25) is 14.3 Å². The van der Waals surface area contributed by atoms with E-state index in [0.29, 0.717) is 23.8 Å². The Morgan fingerprint density at radius 2 is 1.93 bits per heavy atom. The topological polar surface area (TPSA) is 116 Å². The molecule has 4 aromatic rings. The monoisotopic (exact) mass is 671 g/mol. The first kappa shape index (κ1) is 29.0. The van der Waals surface area contributed by atoms with Crippen LogP contribution in [0, 0.1) is 6.92 Å². The molecule has 16 heteroatoms. The van der Waals surface area contributed by atoms with Gasteiger partial charge >= 0.3 is 6.18 Å². The van der Waals surface area contributed by atoms with Gasteiger partial charge in [0.15, 0.2) is 11.5 Å². The lowest BCUT2D eigenvalue weighted by atomic mass is 10.1. The van der Waals surface area contributed by atoms with Crippen molar-refractivity contribution in [2.75, 3.05) is 18.5 Å². The van der Waals surface area contributed by atoms with Crippen LogP contribution in [0.2, 0.25) is 10.0 Å². The lowest BCUT2D eigenvalue weighted by Crippen LogP contribution is -2.48. The predicted octanol–water partition coefficient (Wildman–Crippen LogP) is 5.29. The summed E-state index contributed by atoms with van der Waals surface area (Å²) in [4.78, 5) is 30.9. The van der Waals surface area contributed by atoms with Crippen molar-refractivity contribution in [2.24, 2.45) is 0 Å². The van der Waals surface area contributed by atoms with Gasteiger partial charge in [-0.15, -0.1) is 0 Å². The van der Waals surface area contributed by atoms with Crippen LogP contribution in [-0.4, -0.2) is 55.6 Å². The Morgan fingerprint density at radius 3 is 2.56 bits per heavy atom. The second-order valence-corrected chi connectivity index (χ2v) is 10.8. The van der Waals surface area contributed by atoms with Crippen molar-refractivity contribution in [1.82, 2.24) is 29.9 Å². The number of ether oxygens (including phenoxy) is 1. The Morgan fingerprint density at radius 1 is 1.17 bits per heavy atom. The Bertz CT molecular complexity index is 1650. The molecule has 4 heterocycles. The van der Waals surface area contributed by atoms with E-state index < -0.39 is 23.7 Å². The Kier molecular flexibility index (Phi) is 8.10. The van der Waals surface area contributed by atoms with Gasteiger partial charge in [0, 0.05) is 17.4 Å². The van der Waals surface area contributed by atoms with Crippen molar-refractivity contribution in [3.8, 4) is 5.82 Å². The fraction of sp³-hybridized carbons (Fsp3) is 0.240. The molecule has 214 valence electrons. The van der Waals surface area contributed by atoms with Gasteiger partial charge in [0.25, 0.3) is 11.8 Å². The number of anilines is 1. The number of carbonyl (C=O) groups excluding carboxylic acids is 2. The van der Waals surface area contributed by atoms with Crippen LogP contribution in [0.15, 0.2) is 47.2 Å². The number of nitrogens with one attached hydrogen (secondary N) is 2. The quantitative estimate of drug-likeness (QED) is 0.276. The summed E-state index contributed by atoms with van der Waals surface area (Å²) >= 11 is 15.4. The van der Waals surface area contributed by atoms with E-state index in [9.17, 15) is 22.8 Å². The molecule has 0 unspecified atom stereocenters. The number of rotatable bonds is 7. The third kappa shape index (κ3) is 6.25. The van der Waals surface area contributed by atoms with E-state index in [4.69, 9.17) is 27.9 Å². The molecule has 0 aliphatic carbocycles. The van der Waals surface area contributed by atoms with E-state index in [0.717, 1.165) is 10.9 Å². The van der Waals surface area contributed by atoms with Gasteiger partial charge < -0.3 is 15.4 Å². The van der Waals surface area contributed by atoms with Gasteiger partial charge in [-0.1, -0.05) is 23.2 Å². The maximum Gasteiger partial charge on any atom is 0.436 e. The van der Waals surface area contributed by atoms with E-state index in [1.54, 1.807) is 25.1 Å². The summed E-state index contributed by atoms with van der Waals surface area (Å²) in [7, 11) is 0. The highest BCUT2D eigenvalue weighted by atomic mass is 79.9. The van der Waals surface area contributed by atoms with Crippen molar-refractivity contribution in [3.63, 3.8) is 0 Å². The van der Waals surface area contributed by atoms with Crippen LogP contribution in [0.5, 0.6) is 0 Å². The van der Waals surface area contributed by atoms with Crippen LogP contribution in [0.4, 0.5) is 18.9 Å². The van der Waals surface area contributed by atoms with Crippen LogP contribution < -0.4 is 10.6 Å². The maximum atomic E-state index is 13.7. The Labute approximate surface area is 248 Å². The fourth-order valence-electron chi connectivity index (χ4n) is 4.05. The highest BCUT2D eigenvalue weighted by molar-refractivity contribution is 9.10. The van der Waals surface area contributed by atoms with Crippen molar-refractivity contribution in [2.45, 2.75) is 25.7 Å². The molecule has 1 aromatic carbocycles. The molecule has 1 aliphatic heterocycles. The van der Waals surface area contributed by atoms with Crippen LogP contribution in [0.1, 0.15) is 37.8 Å². The molecule has 1 aliphatic rings. The Hall–Kier alpha value is -3.46. The molecule has 41 heavy (non-hydrogen) atoms. The molecule has 2 amide bonds. The molecule has 2 N–H and O–H groups in total. The minimum Gasteiger partial charge on any atom is -0.377 e. The van der Waals surface area contributed by atoms with Crippen LogP contribution in [0.3, 0.4) is 0 Å². The maximum absolute atomic E-state index is 13.7. The van der Waals surface area contributed by atoms with Crippen molar-refractivity contribution in [1.29, 1.82) is 0 Å². The summed E-state index contributed by atoms with van der Waals surface area (Å²) < 4.78 is 46.8. The molecule has 5 rings (SSSR count).